The summed E-state index contributed by atoms with van der Waals surface area (Å²) in [4.78, 5) is 11.3. The molecule has 1 aromatic heterocycles. The molecule has 1 heterocycles. The molecule has 0 radical (unpaired) electrons. The smallest absolute Gasteiger partial charge is 0.325 e. The number of carbonyl (C=O) groups is 1. The fourth-order valence-corrected chi connectivity index (χ4v) is 2.25. The van der Waals surface area contributed by atoms with Gasteiger partial charge < -0.3 is 14.6 Å². The summed E-state index contributed by atoms with van der Waals surface area (Å²) in [6, 6.07) is 9.13. The van der Waals surface area contributed by atoms with Crippen LogP contribution in [-0.4, -0.2) is 23.7 Å². The van der Waals surface area contributed by atoms with E-state index in [4.69, 9.17) is 4.74 Å². The number of nitrogens with one attached hydrogen (secondary N) is 1. The molecule has 1 saturated carbocycles. The number of rotatable bonds is 5. The quantitative estimate of drug-likeness (QED) is 0.835. The summed E-state index contributed by atoms with van der Waals surface area (Å²) in [7, 11) is 1.41. The summed E-state index contributed by atoms with van der Waals surface area (Å²) in [5.41, 5.74) is 2.36. The predicted molar refractivity (Wildman–Crippen MR) is 73.8 cm³/mol. The first-order valence-corrected chi connectivity index (χ1v) is 6.64. The van der Waals surface area contributed by atoms with Crippen LogP contribution >= 0.6 is 0 Å². The zero-order valence-electron chi connectivity index (χ0n) is 11.1. The Labute approximate surface area is 112 Å². The molecule has 0 bridgehead atoms. The third kappa shape index (κ3) is 2.79. The van der Waals surface area contributed by atoms with Gasteiger partial charge in [0.1, 0.15) is 6.54 Å². The first kappa shape index (κ1) is 12.2. The standard InChI is InChI=1S/C15H18N2O2/c1-19-15(18)10-17-7-6-12-8-11(2-5-14(12)17)9-16-13-3-4-13/h2,5-8,13,16H,3-4,9-10H2,1H3. The van der Waals surface area contributed by atoms with Crippen LogP contribution in [0.25, 0.3) is 10.9 Å². The van der Waals surface area contributed by atoms with Crippen LogP contribution in [0.5, 0.6) is 0 Å². The van der Waals surface area contributed by atoms with Gasteiger partial charge in [0.25, 0.3) is 0 Å². The fraction of sp³-hybridized carbons (Fsp3) is 0.400. The minimum absolute atomic E-state index is 0.225. The average molecular weight is 258 g/mol. The van der Waals surface area contributed by atoms with Gasteiger partial charge >= 0.3 is 5.97 Å². The predicted octanol–water partition coefficient (Wildman–Crippen LogP) is 2.07. The van der Waals surface area contributed by atoms with Crippen LogP contribution in [0.4, 0.5) is 0 Å². The second-order valence-corrected chi connectivity index (χ2v) is 5.07. The third-order valence-corrected chi connectivity index (χ3v) is 3.53. The molecule has 4 heteroatoms. The minimum Gasteiger partial charge on any atom is -0.468 e. The maximum absolute atomic E-state index is 11.3. The second-order valence-electron chi connectivity index (χ2n) is 5.07. The average Bonchev–Trinajstić information content (AvgIpc) is 3.18. The van der Waals surface area contributed by atoms with Crippen molar-refractivity contribution in [3.63, 3.8) is 0 Å². The van der Waals surface area contributed by atoms with Crippen molar-refractivity contribution >= 4 is 16.9 Å². The molecule has 1 aliphatic carbocycles. The molecule has 0 amide bonds. The highest BCUT2D eigenvalue weighted by atomic mass is 16.5. The summed E-state index contributed by atoms with van der Waals surface area (Å²) < 4.78 is 6.61. The maximum atomic E-state index is 11.3. The van der Waals surface area contributed by atoms with Crippen LogP contribution in [0.1, 0.15) is 18.4 Å². The molecule has 3 rings (SSSR count). The molecular formula is C15H18N2O2. The Kier molecular flexibility index (Phi) is 3.25. The number of nitrogens with zero attached hydrogens (tertiary/aromatic N) is 1. The molecule has 19 heavy (non-hydrogen) atoms. The number of aromatic nitrogens is 1. The zero-order valence-corrected chi connectivity index (χ0v) is 11.1. The topological polar surface area (TPSA) is 43.3 Å². The van der Waals surface area contributed by atoms with E-state index in [1.807, 2.05) is 16.8 Å². The lowest BCUT2D eigenvalue weighted by Crippen LogP contribution is -2.15. The molecule has 0 saturated heterocycles. The van der Waals surface area contributed by atoms with Crippen molar-refractivity contribution in [3.8, 4) is 0 Å². The Hall–Kier alpha value is -1.81. The highest BCUT2D eigenvalue weighted by Crippen LogP contribution is 2.21. The number of hydrogen-bond acceptors (Lipinski definition) is 3. The van der Waals surface area contributed by atoms with Crippen LogP contribution in [0, 0.1) is 0 Å². The Morgan fingerprint density at radius 3 is 3.00 bits per heavy atom. The molecule has 1 aliphatic rings. The van der Waals surface area contributed by atoms with Gasteiger partial charge in [-0.25, -0.2) is 0 Å². The van der Waals surface area contributed by atoms with E-state index in [0.29, 0.717) is 0 Å². The van der Waals surface area contributed by atoms with Crippen molar-refractivity contribution in [1.29, 1.82) is 0 Å². The van der Waals surface area contributed by atoms with Gasteiger partial charge in [-0.3, -0.25) is 4.79 Å². The Bertz CT molecular complexity index is 599. The molecular weight excluding hydrogens is 240 g/mol. The number of methoxy groups -OCH3 is 1. The van der Waals surface area contributed by atoms with Gasteiger partial charge in [0.2, 0.25) is 0 Å². The minimum atomic E-state index is -0.225. The zero-order chi connectivity index (χ0) is 13.2. The fourth-order valence-electron chi connectivity index (χ4n) is 2.25. The molecule has 0 unspecified atom stereocenters. The van der Waals surface area contributed by atoms with Gasteiger partial charge in [0.15, 0.2) is 0 Å². The van der Waals surface area contributed by atoms with Crippen LogP contribution in [0.3, 0.4) is 0 Å². The van der Waals surface area contributed by atoms with Crippen molar-refractivity contribution in [3.05, 3.63) is 36.0 Å². The molecule has 0 aliphatic heterocycles. The molecule has 1 N–H and O–H groups in total. The lowest BCUT2D eigenvalue weighted by molar-refractivity contribution is -0.141. The first-order valence-electron chi connectivity index (χ1n) is 6.64. The Morgan fingerprint density at radius 1 is 1.42 bits per heavy atom. The van der Waals surface area contributed by atoms with Crippen LogP contribution in [-0.2, 0) is 22.6 Å². The molecule has 100 valence electrons. The van der Waals surface area contributed by atoms with E-state index in [1.165, 1.54) is 30.9 Å². The van der Waals surface area contributed by atoms with Crippen LogP contribution < -0.4 is 5.32 Å². The van der Waals surface area contributed by atoms with E-state index >= 15 is 0 Å². The Balaban J connectivity index is 1.77. The second kappa shape index (κ2) is 5.05. The number of benzene rings is 1. The number of carbonyl (C=O) groups excluding carboxylic acids is 1. The van der Waals surface area contributed by atoms with Crippen LogP contribution in [0.2, 0.25) is 0 Å². The van der Waals surface area contributed by atoms with E-state index in [1.54, 1.807) is 0 Å². The summed E-state index contributed by atoms with van der Waals surface area (Å²) in [6.07, 6.45) is 4.54. The van der Waals surface area contributed by atoms with Crippen LogP contribution in [0.15, 0.2) is 30.5 Å². The van der Waals surface area contributed by atoms with Gasteiger partial charge in [0.05, 0.1) is 7.11 Å². The molecule has 1 fully saturated rings. The highest BCUT2D eigenvalue weighted by Gasteiger charge is 2.19. The maximum Gasteiger partial charge on any atom is 0.325 e. The molecule has 0 spiro atoms. The van der Waals surface area contributed by atoms with Crippen molar-refractivity contribution in [2.75, 3.05) is 7.11 Å². The SMILES string of the molecule is COC(=O)Cn1ccc2cc(CNC3CC3)ccc21. The largest absolute Gasteiger partial charge is 0.468 e. The van der Waals surface area contributed by atoms with Gasteiger partial charge in [0, 0.05) is 24.3 Å². The Morgan fingerprint density at radius 2 is 2.26 bits per heavy atom. The number of hydrogen-bond donors (Lipinski definition) is 1. The highest BCUT2D eigenvalue weighted by molar-refractivity contribution is 5.82. The molecule has 1 aromatic carbocycles. The van der Waals surface area contributed by atoms with Gasteiger partial charge in [-0.1, -0.05) is 6.07 Å². The van der Waals surface area contributed by atoms with Crippen molar-refractivity contribution in [1.82, 2.24) is 9.88 Å². The number of fused-ring (bicyclic) bond motifs is 1. The lowest BCUT2D eigenvalue weighted by atomic mass is 10.1. The van der Waals surface area contributed by atoms with Gasteiger partial charge in [-0.2, -0.15) is 0 Å². The van der Waals surface area contributed by atoms with Crippen molar-refractivity contribution in [2.45, 2.75) is 32.0 Å². The van der Waals surface area contributed by atoms with E-state index in [-0.39, 0.29) is 12.5 Å². The van der Waals surface area contributed by atoms with E-state index in [9.17, 15) is 4.79 Å². The van der Waals surface area contributed by atoms with Crippen molar-refractivity contribution < 1.29 is 9.53 Å². The van der Waals surface area contributed by atoms with E-state index in [0.717, 1.165) is 18.1 Å². The van der Waals surface area contributed by atoms with E-state index in [2.05, 4.69) is 23.5 Å². The molecule has 0 atom stereocenters. The van der Waals surface area contributed by atoms with Crippen molar-refractivity contribution in [2.24, 2.45) is 0 Å². The lowest BCUT2D eigenvalue weighted by Gasteiger charge is -2.06. The van der Waals surface area contributed by atoms with Gasteiger partial charge in [-0.05, 0) is 42.0 Å². The third-order valence-electron chi connectivity index (χ3n) is 3.53. The number of ether oxygens (including phenoxy) is 1. The van der Waals surface area contributed by atoms with Gasteiger partial charge in [-0.15, -0.1) is 0 Å². The molecule has 4 nitrogen and oxygen atoms in total. The number of esters is 1. The summed E-state index contributed by atoms with van der Waals surface area (Å²) in [5, 5.41) is 4.67. The normalized spacial score (nSPS) is 14.8. The summed E-state index contributed by atoms with van der Waals surface area (Å²) >= 11 is 0. The summed E-state index contributed by atoms with van der Waals surface area (Å²) in [5.74, 6) is -0.225. The monoisotopic (exact) mass is 258 g/mol. The molecule has 2 aromatic rings. The summed E-state index contributed by atoms with van der Waals surface area (Å²) in [6.45, 7) is 1.18. The first-order chi connectivity index (χ1) is 9.26. The van der Waals surface area contributed by atoms with E-state index < -0.39 is 0 Å².